The number of benzene rings is 1. The van der Waals surface area contributed by atoms with E-state index in [2.05, 4.69) is 15.6 Å². The summed E-state index contributed by atoms with van der Waals surface area (Å²) >= 11 is 1.67. The Kier molecular flexibility index (Phi) is 7.76. The number of aromatic nitrogens is 1. The smallest absolute Gasteiger partial charge is 0.224 e. The van der Waals surface area contributed by atoms with Gasteiger partial charge in [0.1, 0.15) is 0 Å². The minimum Gasteiger partial charge on any atom is -0.378 e. The van der Waals surface area contributed by atoms with Crippen LogP contribution in [0.4, 0.5) is 10.8 Å². The van der Waals surface area contributed by atoms with Gasteiger partial charge in [-0.2, -0.15) is 0 Å². The van der Waals surface area contributed by atoms with Crippen molar-refractivity contribution >= 4 is 49.7 Å². The molecule has 1 aromatic heterocycles. The number of hydrogen-bond acceptors (Lipinski definition) is 7. The van der Waals surface area contributed by atoms with E-state index in [-0.39, 0.29) is 5.91 Å². The number of nitrogens with one attached hydrogen (secondary N) is 1. The number of unbranched alkanes of at least 4 members (excludes halogenated alkanes) is 1. The topological polar surface area (TPSA) is 54.5 Å². The predicted molar refractivity (Wildman–Crippen MR) is 126 cm³/mol. The standard InChI is InChI=1S/C21H27N3O2S3/c25-20(4-2-1-3-18-9-14-28-29-18)22-17-7-5-16(6-8-17)19-15-27-21(23-19)24-10-12-26-13-11-24/h5-8,15,18H,1-4,9-14H2,(H,22,25). The van der Waals surface area contributed by atoms with Crippen LogP contribution < -0.4 is 10.2 Å². The highest BCUT2D eigenvalue weighted by Crippen LogP contribution is 2.39. The van der Waals surface area contributed by atoms with Crippen LogP contribution in [0.15, 0.2) is 29.6 Å². The lowest BCUT2D eigenvalue weighted by Crippen LogP contribution is -2.36. The van der Waals surface area contributed by atoms with Crippen LogP contribution >= 0.6 is 32.9 Å². The quantitative estimate of drug-likeness (QED) is 0.436. The fourth-order valence-corrected chi connectivity index (χ4v) is 7.38. The van der Waals surface area contributed by atoms with E-state index in [1.807, 2.05) is 45.9 Å². The van der Waals surface area contributed by atoms with E-state index in [4.69, 9.17) is 9.72 Å². The van der Waals surface area contributed by atoms with Crippen molar-refractivity contribution in [2.75, 3.05) is 42.3 Å². The SMILES string of the molecule is O=C(CCCCC1CCSS1)Nc1ccc(-c2csc(N3CCOCC3)n2)cc1. The molecule has 2 aliphatic rings. The Labute approximate surface area is 184 Å². The van der Waals surface area contributed by atoms with Crippen molar-refractivity contribution in [1.82, 2.24) is 4.98 Å². The number of thiazole rings is 1. The second kappa shape index (κ2) is 10.7. The zero-order valence-corrected chi connectivity index (χ0v) is 18.9. The first kappa shape index (κ1) is 21.0. The summed E-state index contributed by atoms with van der Waals surface area (Å²) in [6, 6.07) is 7.99. The highest BCUT2D eigenvalue weighted by molar-refractivity contribution is 8.77. The molecule has 2 fully saturated rings. The summed E-state index contributed by atoms with van der Waals surface area (Å²) in [5.74, 6) is 1.38. The molecule has 0 bridgehead atoms. The summed E-state index contributed by atoms with van der Waals surface area (Å²) in [4.78, 5) is 19.2. The van der Waals surface area contributed by atoms with Gasteiger partial charge in [0.25, 0.3) is 0 Å². The maximum atomic E-state index is 12.2. The maximum absolute atomic E-state index is 12.2. The summed E-state index contributed by atoms with van der Waals surface area (Å²) in [7, 11) is 4.00. The van der Waals surface area contributed by atoms with Crippen molar-refractivity contribution < 1.29 is 9.53 Å². The minimum atomic E-state index is 0.106. The molecule has 0 radical (unpaired) electrons. The largest absolute Gasteiger partial charge is 0.378 e. The Morgan fingerprint density at radius 2 is 2.03 bits per heavy atom. The van der Waals surface area contributed by atoms with E-state index >= 15 is 0 Å². The molecule has 156 valence electrons. The molecule has 1 unspecified atom stereocenters. The van der Waals surface area contributed by atoms with Crippen LogP contribution in [-0.4, -0.2) is 48.2 Å². The molecule has 0 aliphatic carbocycles. The van der Waals surface area contributed by atoms with E-state index in [1.54, 1.807) is 11.3 Å². The van der Waals surface area contributed by atoms with Crippen LogP contribution in [-0.2, 0) is 9.53 Å². The lowest BCUT2D eigenvalue weighted by atomic mass is 10.1. The average molecular weight is 450 g/mol. The zero-order valence-electron chi connectivity index (χ0n) is 16.5. The van der Waals surface area contributed by atoms with Gasteiger partial charge in [-0.15, -0.1) is 11.3 Å². The van der Waals surface area contributed by atoms with Crippen molar-refractivity contribution in [3.63, 3.8) is 0 Å². The van der Waals surface area contributed by atoms with Gasteiger partial charge in [-0.3, -0.25) is 4.79 Å². The zero-order chi connectivity index (χ0) is 19.9. The van der Waals surface area contributed by atoms with Crippen LogP contribution in [0.25, 0.3) is 11.3 Å². The molecule has 4 rings (SSSR count). The van der Waals surface area contributed by atoms with Crippen LogP contribution in [0.5, 0.6) is 0 Å². The molecule has 3 heterocycles. The van der Waals surface area contributed by atoms with Crippen molar-refractivity contribution in [3.05, 3.63) is 29.6 Å². The number of carbonyl (C=O) groups excluding carboxylic acids is 1. The number of hydrogen-bond donors (Lipinski definition) is 1. The number of carbonyl (C=O) groups is 1. The van der Waals surface area contributed by atoms with E-state index in [0.717, 1.165) is 66.5 Å². The van der Waals surface area contributed by atoms with Crippen LogP contribution in [0.3, 0.4) is 0 Å². The number of nitrogens with zero attached hydrogens (tertiary/aromatic N) is 2. The van der Waals surface area contributed by atoms with Crippen molar-refractivity contribution in [2.45, 2.75) is 37.4 Å². The second-order valence-electron chi connectivity index (χ2n) is 7.31. The first-order valence-corrected chi connectivity index (χ1v) is 13.5. The first-order chi connectivity index (χ1) is 14.3. The van der Waals surface area contributed by atoms with Crippen molar-refractivity contribution in [3.8, 4) is 11.3 Å². The van der Waals surface area contributed by atoms with Crippen LogP contribution in [0.1, 0.15) is 32.1 Å². The maximum Gasteiger partial charge on any atom is 0.224 e. The summed E-state index contributed by atoms with van der Waals surface area (Å²) in [6.45, 7) is 3.33. The predicted octanol–water partition coefficient (Wildman–Crippen LogP) is 5.30. The molecule has 0 spiro atoms. The molecular formula is C21H27N3O2S3. The van der Waals surface area contributed by atoms with Gasteiger partial charge in [0.2, 0.25) is 5.91 Å². The fraction of sp³-hybridized carbons (Fsp3) is 0.524. The average Bonchev–Trinajstić information content (AvgIpc) is 3.45. The number of anilines is 2. The number of amides is 1. The van der Waals surface area contributed by atoms with Gasteiger partial charge >= 0.3 is 0 Å². The summed E-state index contributed by atoms with van der Waals surface area (Å²) in [5, 5.41) is 6.96. The lowest BCUT2D eigenvalue weighted by molar-refractivity contribution is -0.116. The molecule has 1 aromatic carbocycles. The first-order valence-electron chi connectivity index (χ1n) is 10.2. The third kappa shape index (κ3) is 6.13. The Hall–Kier alpha value is -1.22. The normalized spacial score (nSPS) is 19.4. The van der Waals surface area contributed by atoms with Crippen LogP contribution in [0, 0.1) is 0 Å². The molecule has 2 aromatic rings. The fourth-order valence-electron chi connectivity index (χ4n) is 3.47. The number of ether oxygens (including phenoxy) is 1. The molecule has 1 amide bonds. The van der Waals surface area contributed by atoms with E-state index < -0.39 is 0 Å². The van der Waals surface area contributed by atoms with Gasteiger partial charge in [-0.25, -0.2) is 4.98 Å². The van der Waals surface area contributed by atoms with Gasteiger partial charge in [-0.05, 0) is 31.4 Å². The Bertz CT molecular complexity index is 785. The van der Waals surface area contributed by atoms with Gasteiger partial charge < -0.3 is 15.0 Å². The molecular weight excluding hydrogens is 422 g/mol. The van der Waals surface area contributed by atoms with E-state index in [9.17, 15) is 4.79 Å². The Balaban J connectivity index is 1.23. The van der Waals surface area contributed by atoms with E-state index in [1.165, 1.54) is 18.6 Å². The Morgan fingerprint density at radius 1 is 1.21 bits per heavy atom. The second-order valence-corrected chi connectivity index (χ2v) is 10.9. The molecule has 1 N–H and O–H groups in total. The van der Waals surface area contributed by atoms with Gasteiger partial charge in [0.05, 0.1) is 18.9 Å². The lowest BCUT2D eigenvalue weighted by Gasteiger charge is -2.26. The summed E-state index contributed by atoms with van der Waals surface area (Å²) < 4.78 is 5.41. The number of morpholine rings is 1. The third-order valence-corrected chi connectivity index (χ3v) is 9.05. The molecule has 0 saturated carbocycles. The molecule has 5 nitrogen and oxygen atoms in total. The molecule has 2 aliphatic heterocycles. The monoisotopic (exact) mass is 449 g/mol. The highest BCUT2D eigenvalue weighted by Gasteiger charge is 2.16. The highest BCUT2D eigenvalue weighted by atomic mass is 33.1. The Morgan fingerprint density at radius 3 is 2.79 bits per heavy atom. The van der Waals surface area contributed by atoms with Gasteiger partial charge in [0.15, 0.2) is 5.13 Å². The molecule has 29 heavy (non-hydrogen) atoms. The van der Waals surface area contributed by atoms with Gasteiger partial charge in [-0.1, -0.05) is 40.1 Å². The van der Waals surface area contributed by atoms with Gasteiger partial charge in [0, 0.05) is 47.1 Å². The van der Waals surface area contributed by atoms with E-state index in [0.29, 0.717) is 6.42 Å². The van der Waals surface area contributed by atoms with Crippen molar-refractivity contribution in [1.29, 1.82) is 0 Å². The molecule has 1 atom stereocenters. The molecule has 8 heteroatoms. The minimum absolute atomic E-state index is 0.106. The van der Waals surface area contributed by atoms with Crippen molar-refractivity contribution in [2.24, 2.45) is 0 Å². The summed E-state index contributed by atoms with van der Waals surface area (Å²) in [6.07, 6.45) is 5.26. The number of rotatable bonds is 8. The van der Waals surface area contributed by atoms with Crippen LogP contribution in [0.2, 0.25) is 0 Å². The third-order valence-electron chi connectivity index (χ3n) is 5.15. The summed E-state index contributed by atoms with van der Waals surface area (Å²) in [5.41, 5.74) is 2.91. The molecule has 2 saturated heterocycles.